The van der Waals surface area contributed by atoms with Gasteiger partial charge in [0.1, 0.15) is 6.54 Å². The van der Waals surface area contributed by atoms with Crippen LogP contribution in [0.5, 0.6) is 0 Å². The first-order valence-corrected chi connectivity index (χ1v) is 8.78. The van der Waals surface area contributed by atoms with Crippen molar-refractivity contribution in [3.8, 4) is 0 Å². The molecule has 2 amide bonds. The molecule has 0 N–H and O–H groups in total. The fourth-order valence-electron chi connectivity index (χ4n) is 3.02. The number of hydrogen-bond acceptors (Lipinski definition) is 2. The van der Waals surface area contributed by atoms with Crippen LogP contribution in [0.1, 0.15) is 18.1 Å². The van der Waals surface area contributed by atoms with E-state index in [0.717, 1.165) is 12.0 Å². The van der Waals surface area contributed by atoms with Gasteiger partial charge in [-0.3, -0.25) is 9.59 Å². The summed E-state index contributed by atoms with van der Waals surface area (Å²) in [6.07, 6.45) is 0.824. The van der Waals surface area contributed by atoms with Gasteiger partial charge in [0.2, 0.25) is 11.8 Å². The molecule has 3 rings (SSSR count). The summed E-state index contributed by atoms with van der Waals surface area (Å²) in [5.74, 6) is -0.329. The summed E-state index contributed by atoms with van der Waals surface area (Å²) in [5, 5.41) is 0.848. The van der Waals surface area contributed by atoms with Gasteiger partial charge in [-0.2, -0.15) is 0 Å². The van der Waals surface area contributed by atoms with E-state index in [1.807, 2.05) is 18.2 Å². The fourth-order valence-corrected chi connectivity index (χ4v) is 3.54. The minimum Gasteiger partial charge on any atom is -0.336 e. The number of carbonyl (C=O) groups excluding carboxylic acids is 2. The van der Waals surface area contributed by atoms with Gasteiger partial charge in [0.25, 0.3) is 0 Å². The SMILES string of the molecule is CC(=O)N(CC(=O)N1CCc2ccccc2C1)c1cc(Cl)cc(Cl)c1. The van der Waals surface area contributed by atoms with Crippen LogP contribution in [0, 0.1) is 0 Å². The molecule has 1 heterocycles. The lowest BCUT2D eigenvalue weighted by Crippen LogP contribution is -2.44. The van der Waals surface area contributed by atoms with E-state index in [9.17, 15) is 9.59 Å². The third-order valence-electron chi connectivity index (χ3n) is 4.32. The molecule has 0 spiro atoms. The molecule has 2 aromatic carbocycles. The molecule has 0 atom stereocenters. The van der Waals surface area contributed by atoms with Crippen LogP contribution in [0.25, 0.3) is 0 Å². The Balaban J connectivity index is 1.77. The molecule has 2 aromatic rings. The lowest BCUT2D eigenvalue weighted by molar-refractivity contribution is -0.132. The van der Waals surface area contributed by atoms with Crippen molar-refractivity contribution >= 4 is 40.7 Å². The maximum absolute atomic E-state index is 12.7. The second-order valence-electron chi connectivity index (χ2n) is 6.07. The quantitative estimate of drug-likeness (QED) is 0.813. The number of anilines is 1. The first-order valence-electron chi connectivity index (χ1n) is 8.03. The maximum atomic E-state index is 12.7. The summed E-state index contributed by atoms with van der Waals surface area (Å²) in [7, 11) is 0. The molecule has 0 bridgehead atoms. The van der Waals surface area contributed by atoms with Crippen LogP contribution in [-0.2, 0) is 22.6 Å². The minimum absolute atomic E-state index is 0.0336. The Bertz CT molecular complexity index is 803. The van der Waals surface area contributed by atoms with Crippen molar-refractivity contribution in [2.75, 3.05) is 18.0 Å². The van der Waals surface area contributed by atoms with Crippen molar-refractivity contribution in [1.82, 2.24) is 4.90 Å². The molecule has 4 nitrogen and oxygen atoms in total. The van der Waals surface area contributed by atoms with E-state index in [4.69, 9.17) is 23.2 Å². The molecule has 1 aliphatic rings. The van der Waals surface area contributed by atoms with Crippen molar-refractivity contribution in [3.05, 3.63) is 63.6 Å². The van der Waals surface area contributed by atoms with Gasteiger partial charge in [0, 0.05) is 35.7 Å². The summed E-state index contributed by atoms with van der Waals surface area (Å²) >= 11 is 12.0. The number of carbonyl (C=O) groups is 2. The molecule has 0 aliphatic carbocycles. The van der Waals surface area contributed by atoms with Crippen molar-refractivity contribution in [2.24, 2.45) is 0 Å². The Morgan fingerprint density at radius 1 is 1.08 bits per heavy atom. The molecule has 0 unspecified atom stereocenters. The van der Waals surface area contributed by atoms with Gasteiger partial charge in [0.05, 0.1) is 0 Å². The molecule has 0 aromatic heterocycles. The molecular weight excluding hydrogens is 359 g/mol. The number of rotatable bonds is 3. The number of halogens is 2. The average molecular weight is 377 g/mol. The third-order valence-corrected chi connectivity index (χ3v) is 4.75. The predicted octanol–water partition coefficient (Wildman–Crippen LogP) is 3.93. The van der Waals surface area contributed by atoms with Gasteiger partial charge in [-0.15, -0.1) is 0 Å². The van der Waals surface area contributed by atoms with Crippen molar-refractivity contribution in [1.29, 1.82) is 0 Å². The smallest absolute Gasteiger partial charge is 0.242 e. The Morgan fingerprint density at radius 2 is 1.72 bits per heavy atom. The Labute approximate surface area is 156 Å². The number of benzene rings is 2. The molecule has 6 heteroatoms. The highest BCUT2D eigenvalue weighted by Crippen LogP contribution is 2.26. The summed E-state index contributed by atoms with van der Waals surface area (Å²) in [6, 6.07) is 13.0. The van der Waals surface area contributed by atoms with Gasteiger partial charge in [-0.1, -0.05) is 47.5 Å². The van der Waals surface area contributed by atoms with E-state index in [1.54, 1.807) is 23.1 Å². The van der Waals surface area contributed by atoms with Crippen LogP contribution >= 0.6 is 23.2 Å². The van der Waals surface area contributed by atoms with Crippen LogP contribution in [0.2, 0.25) is 10.0 Å². The number of nitrogens with zero attached hydrogens (tertiary/aromatic N) is 2. The van der Waals surface area contributed by atoms with Gasteiger partial charge < -0.3 is 9.80 Å². The average Bonchev–Trinajstić information content (AvgIpc) is 2.57. The molecule has 0 saturated carbocycles. The lowest BCUT2D eigenvalue weighted by Gasteiger charge is -2.31. The first-order chi connectivity index (χ1) is 11.9. The number of hydrogen-bond donors (Lipinski definition) is 0. The molecule has 0 saturated heterocycles. The zero-order valence-corrected chi connectivity index (χ0v) is 15.3. The van der Waals surface area contributed by atoms with E-state index in [1.165, 1.54) is 17.4 Å². The van der Waals surface area contributed by atoms with Crippen molar-refractivity contribution in [3.63, 3.8) is 0 Å². The predicted molar refractivity (Wildman–Crippen MR) is 100 cm³/mol. The zero-order chi connectivity index (χ0) is 18.0. The van der Waals surface area contributed by atoms with Gasteiger partial charge in [-0.05, 0) is 35.7 Å². The highest BCUT2D eigenvalue weighted by Gasteiger charge is 2.24. The maximum Gasteiger partial charge on any atom is 0.242 e. The Hall–Kier alpha value is -2.04. The highest BCUT2D eigenvalue weighted by molar-refractivity contribution is 6.35. The van der Waals surface area contributed by atoms with Crippen LogP contribution in [0.3, 0.4) is 0 Å². The van der Waals surface area contributed by atoms with E-state index >= 15 is 0 Å². The van der Waals surface area contributed by atoms with Crippen molar-refractivity contribution < 1.29 is 9.59 Å². The topological polar surface area (TPSA) is 40.6 Å². The molecule has 130 valence electrons. The highest BCUT2D eigenvalue weighted by atomic mass is 35.5. The summed E-state index contributed by atoms with van der Waals surface area (Å²) in [4.78, 5) is 28.0. The minimum atomic E-state index is -0.232. The summed E-state index contributed by atoms with van der Waals surface area (Å²) in [6.45, 7) is 2.61. The summed E-state index contributed by atoms with van der Waals surface area (Å²) < 4.78 is 0. The Morgan fingerprint density at radius 3 is 2.36 bits per heavy atom. The van der Waals surface area contributed by atoms with Crippen LogP contribution in [-0.4, -0.2) is 29.8 Å². The zero-order valence-electron chi connectivity index (χ0n) is 13.8. The second-order valence-corrected chi connectivity index (χ2v) is 6.94. The first kappa shape index (κ1) is 17.8. The van der Waals surface area contributed by atoms with E-state index in [-0.39, 0.29) is 18.4 Å². The standard InChI is InChI=1S/C19H18Cl2N2O2/c1-13(24)23(18-9-16(20)8-17(21)10-18)12-19(25)22-7-6-14-4-2-3-5-15(14)11-22/h2-5,8-10H,6-7,11-12H2,1H3. The van der Waals surface area contributed by atoms with Crippen LogP contribution in [0.4, 0.5) is 5.69 Å². The van der Waals surface area contributed by atoms with Gasteiger partial charge in [0.15, 0.2) is 0 Å². The van der Waals surface area contributed by atoms with Gasteiger partial charge >= 0.3 is 0 Å². The van der Waals surface area contributed by atoms with E-state index < -0.39 is 0 Å². The van der Waals surface area contributed by atoms with Crippen molar-refractivity contribution in [2.45, 2.75) is 19.9 Å². The van der Waals surface area contributed by atoms with Gasteiger partial charge in [-0.25, -0.2) is 0 Å². The second kappa shape index (κ2) is 7.46. The van der Waals surface area contributed by atoms with E-state index in [0.29, 0.717) is 28.8 Å². The normalized spacial score (nSPS) is 13.3. The summed E-state index contributed by atoms with van der Waals surface area (Å²) in [5.41, 5.74) is 2.95. The van der Waals surface area contributed by atoms with Crippen LogP contribution in [0.15, 0.2) is 42.5 Å². The number of amides is 2. The number of fused-ring (bicyclic) bond motifs is 1. The third kappa shape index (κ3) is 4.14. The molecule has 1 aliphatic heterocycles. The largest absolute Gasteiger partial charge is 0.336 e. The molecule has 25 heavy (non-hydrogen) atoms. The molecule has 0 fully saturated rings. The monoisotopic (exact) mass is 376 g/mol. The molecule has 0 radical (unpaired) electrons. The Kier molecular flexibility index (Phi) is 5.30. The van der Waals surface area contributed by atoms with E-state index in [2.05, 4.69) is 6.07 Å². The molecular formula is C19H18Cl2N2O2. The van der Waals surface area contributed by atoms with Crippen LogP contribution < -0.4 is 4.90 Å². The fraction of sp³-hybridized carbons (Fsp3) is 0.263. The lowest BCUT2D eigenvalue weighted by atomic mass is 10.00.